The van der Waals surface area contributed by atoms with Crippen molar-refractivity contribution in [3.63, 3.8) is 0 Å². The smallest absolute Gasteiger partial charge is 0.161 e. The number of benzene rings is 1. The molecule has 0 saturated carbocycles. The van der Waals surface area contributed by atoms with E-state index >= 15 is 0 Å². The Kier molecular flexibility index (Phi) is 5.04. The van der Waals surface area contributed by atoms with Crippen molar-refractivity contribution in [1.82, 2.24) is 9.78 Å². The number of halogens is 1. The minimum Gasteiger partial charge on any atom is -0.493 e. The van der Waals surface area contributed by atoms with E-state index in [1.165, 1.54) is 9.13 Å². The number of aromatic nitrogens is 2. The van der Waals surface area contributed by atoms with Crippen LogP contribution in [0.4, 0.5) is 0 Å². The van der Waals surface area contributed by atoms with Gasteiger partial charge in [-0.25, -0.2) is 0 Å². The van der Waals surface area contributed by atoms with Gasteiger partial charge in [0.05, 0.1) is 19.3 Å². The second-order valence-electron chi connectivity index (χ2n) is 4.78. The second-order valence-corrected chi connectivity index (χ2v) is 5.86. The number of hydrogen-bond donors (Lipinski definition) is 1. The zero-order valence-electron chi connectivity index (χ0n) is 12.1. The summed E-state index contributed by atoms with van der Waals surface area (Å²) >= 11 is 2.35. The molecule has 1 aromatic carbocycles. The van der Waals surface area contributed by atoms with Crippen molar-refractivity contribution in [2.24, 2.45) is 5.73 Å². The summed E-state index contributed by atoms with van der Waals surface area (Å²) < 4.78 is 8.56. The van der Waals surface area contributed by atoms with Crippen molar-refractivity contribution in [1.29, 1.82) is 0 Å². The summed E-state index contributed by atoms with van der Waals surface area (Å²) in [5.41, 5.74) is 9.78. The highest BCUT2D eigenvalue weighted by Gasteiger charge is 2.22. The van der Waals surface area contributed by atoms with Crippen LogP contribution in [0, 0.1) is 10.5 Å². The van der Waals surface area contributed by atoms with Gasteiger partial charge in [0.1, 0.15) is 5.69 Å². The number of rotatable bonds is 5. The molecule has 0 spiro atoms. The van der Waals surface area contributed by atoms with Gasteiger partial charge >= 0.3 is 0 Å². The Balaban J connectivity index is 2.49. The molecule has 108 valence electrons. The van der Waals surface area contributed by atoms with Crippen LogP contribution in [0.15, 0.2) is 24.4 Å². The highest BCUT2D eigenvalue weighted by Crippen LogP contribution is 2.31. The van der Waals surface area contributed by atoms with Crippen LogP contribution in [0.25, 0.3) is 0 Å². The first kappa shape index (κ1) is 15.3. The standard InChI is InChI=1S/C15H20IN3O/c1-4-8-19-15(12(20-3)9-18-19)14(17)11-7-5-6-10(2)13(11)16/h5-7,9,14H,4,8,17H2,1-3H3. The van der Waals surface area contributed by atoms with Crippen LogP contribution in [0.1, 0.15) is 36.2 Å². The van der Waals surface area contributed by atoms with E-state index in [4.69, 9.17) is 10.5 Å². The molecule has 0 aliphatic rings. The lowest BCUT2D eigenvalue weighted by Gasteiger charge is -2.18. The minimum absolute atomic E-state index is 0.231. The van der Waals surface area contributed by atoms with Crippen LogP contribution >= 0.6 is 22.6 Å². The molecule has 20 heavy (non-hydrogen) atoms. The van der Waals surface area contributed by atoms with Crippen molar-refractivity contribution in [3.05, 3.63) is 44.8 Å². The summed E-state index contributed by atoms with van der Waals surface area (Å²) in [7, 11) is 1.66. The van der Waals surface area contributed by atoms with Crippen LogP contribution in [-0.2, 0) is 6.54 Å². The largest absolute Gasteiger partial charge is 0.493 e. The van der Waals surface area contributed by atoms with E-state index < -0.39 is 0 Å². The highest BCUT2D eigenvalue weighted by atomic mass is 127. The van der Waals surface area contributed by atoms with Crippen molar-refractivity contribution >= 4 is 22.6 Å². The summed E-state index contributed by atoms with van der Waals surface area (Å²) in [6.07, 6.45) is 2.75. The average molecular weight is 385 g/mol. The van der Waals surface area contributed by atoms with Gasteiger partial charge in [-0.2, -0.15) is 5.10 Å². The van der Waals surface area contributed by atoms with Gasteiger partial charge in [0, 0.05) is 10.1 Å². The Morgan fingerprint density at radius 3 is 2.85 bits per heavy atom. The highest BCUT2D eigenvalue weighted by molar-refractivity contribution is 14.1. The zero-order valence-corrected chi connectivity index (χ0v) is 14.2. The first-order chi connectivity index (χ1) is 9.60. The van der Waals surface area contributed by atoms with Crippen LogP contribution < -0.4 is 10.5 Å². The molecule has 2 aromatic rings. The molecule has 1 heterocycles. The minimum atomic E-state index is -0.231. The molecule has 4 nitrogen and oxygen atoms in total. The molecule has 0 radical (unpaired) electrons. The summed E-state index contributed by atoms with van der Waals surface area (Å²) in [6, 6.07) is 5.98. The number of ether oxygens (including phenoxy) is 1. The van der Waals surface area contributed by atoms with Gasteiger partial charge in [0.2, 0.25) is 0 Å². The summed E-state index contributed by atoms with van der Waals surface area (Å²) in [5.74, 6) is 0.753. The van der Waals surface area contributed by atoms with E-state index in [0.29, 0.717) is 0 Å². The fourth-order valence-corrected chi connectivity index (χ4v) is 2.99. The molecule has 1 unspecified atom stereocenters. The average Bonchev–Trinajstić information content (AvgIpc) is 2.84. The van der Waals surface area contributed by atoms with Gasteiger partial charge in [-0.3, -0.25) is 4.68 Å². The van der Waals surface area contributed by atoms with Crippen molar-refractivity contribution in [2.75, 3.05) is 7.11 Å². The maximum absolute atomic E-state index is 6.49. The molecule has 0 bridgehead atoms. The molecule has 0 aliphatic heterocycles. The van der Waals surface area contributed by atoms with Crippen LogP contribution in [-0.4, -0.2) is 16.9 Å². The Morgan fingerprint density at radius 2 is 2.20 bits per heavy atom. The van der Waals surface area contributed by atoms with Crippen LogP contribution in [0.5, 0.6) is 5.75 Å². The number of nitrogens with two attached hydrogens (primary N) is 1. The molecule has 0 aliphatic carbocycles. The van der Waals surface area contributed by atoms with Gasteiger partial charge < -0.3 is 10.5 Å². The third-order valence-electron chi connectivity index (χ3n) is 3.35. The SMILES string of the molecule is CCCn1ncc(OC)c1C(N)c1cccc(C)c1I. The monoisotopic (exact) mass is 385 g/mol. The predicted molar refractivity (Wildman–Crippen MR) is 89.0 cm³/mol. The third-order valence-corrected chi connectivity index (χ3v) is 4.83. The molecular formula is C15H20IN3O. The first-order valence-electron chi connectivity index (χ1n) is 6.70. The lowest BCUT2D eigenvalue weighted by atomic mass is 10.0. The molecule has 1 atom stereocenters. The number of methoxy groups -OCH3 is 1. The van der Waals surface area contributed by atoms with Gasteiger partial charge in [0.25, 0.3) is 0 Å². The van der Waals surface area contributed by atoms with Crippen LogP contribution in [0.3, 0.4) is 0 Å². The van der Waals surface area contributed by atoms with Gasteiger partial charge in [0.15, 0.2) is 5.75 Å². The van der Waals surface area contributed by atoms with E-state index in [2.05, 4.69) is 53.7 Å². The van der Waals surface area contributed by atoms with E-state index in [1.807, 2.05) is 10.7 Å². The molecule has 1 aromatic heterocycles. The topological polar surface area (TPSA) is 53.1 Å². The molecule has 2 N–H and O–H groups in total. The fourth-order valence-electron chi connectivity index (χ4n) is 2.30. The Morgan fingerprint density at radius 1 is 1.45 bits per heavy atom. The maximum atomic E-state index is 6.49. The van der Waals surface area contributed by atoms with Gasteiger partial charge in [-0.05, 0) is 47.1 Å². The van der Waals surface area contributed by atoms with Crippen molar-refractivity contribution in [2.45, 2.75) is 32.9 Å². The van der Waals surface area contributed by atoms with Gasteiger partial charge in [-0.1, -0.05) is 25.1 Å². The lowest BCUT2D eigenvalue weighted by molar-refractivity contribution is 0.404. The Bertz CT molecular complexity index is 595. The summed E-state index contributed by atoms with van der Waals surface area (Å²) in [4.78, 5) is 0. The van der Waals surface area contributed by atoms with E-state index in [1.54, 1.807) is 13.3 Å². The summed E-state index contributed by atoms with van der Waals surface area (Å²) in [5, 5.41) is 4.38. The maximum Gasteiger partial charge on any atom is 0.161 e. The fraction of sp³-hybridized carbons (Fsp3) is 0.400. The molecule has 0 saturated heterocycles. The molecule has 5 heteroatoms. The molecule has 0 fully saturated rings. The Hall–Kier alpha value is -1.08. The zero-order chi connectivity index (χ0) is 14.7. The lowest BCUT2D eigenvalue weighted by Crippen LogP contribution is -2.19. The summed E-state index contributed by atoms with van der Waals surface area (Å²) in [6.45, 7) is 5.06. The molecular weight excluding hydrogens is 365 g/mol. The third kappa shape index (κ3) is 2.83. The number of aryl methyl sites for hydroxylation is 2. The molecule has 0 amide bonds. The van der Waals surface area contributed by atoms with Gasteiger partial charge in [-0.15, -0.1) is 0 Å². The first-order valence-corrected chi connectivity index (χ1v) is 7.78. The second kappa shape index (κ2) is 6.58. The van der Waals surface area contributed by atoms with E-state index in [-0.39, 0.29) is 6.04 Å². The normalized spacial score (nSPS) is 12.4. The quantitative estimate of drug-likeness (QED) is 0.804. The Labute approximate surface area is 133 Å². The van der Waals surface area contributed by atoms with Crippen LogP contribution in [0.2, 0.25) is 0 Å². The number of hydrogen-bond acceptors (Lipinski definition) is 3. The van der Waals surface area contributed by atoms with E-state index in [9.17, 15) is 0 Å². The molecule has 2 rings (SSSR count). The van der Waals surface area contributed by atoms with Crippen molar-refractivity contribution < 1.29 is 4.74 Å². The predicted octanol–water partition coefficient (Wildman–Crippen LogP) is 3.26. The van der Waals surface area contributed by atoms with E-state index in [0.717, 1.165) is 30.0 Å². The van der Waals surface area contributed by atoms with Crippen molar-refractivity contribution in [3.8, 4) is 5.75 Å². The number of nitrogens with zero attached hydrogens (tertiary/aromatic N) is 2.